The number of pyridine rings is 1. The van der Waals surface area contributed by atoms with Crippen LogP contribution < -0.4 is 5.32 Å². The van der Waals surface area contributed by atoms with E-state index >= 15 is 0 Å². The van der Waals surface area contributed by atoms with Gasteiger partial charge in [0.25, 0.3) is 0 Å². The molecular formula is C12H18N2. The molecule has 1 heterocycles. The number of hydrogen-bond donors (Lipinski definition) is 1. The monoisotopic (exact) mass is 190 g/mol. The van der Waals surface area contributed by atoms with Gasteiger partial charge in [0, 0.05) is 12.2 Å². The zero-order valence-corrected chi connectivity index (χ0v) is 9.12. The van der Waals surface area contributed by atoms with E-state index in [0.717, 1.165) is 12.2 Å². The van der Waals surface area contributed by atoms with Crippen molar-refractivity contribution in [1.82, 2.24) is 10.3 Å². The molecule has 0 saturated carbocycles. The number of hydrogen-bond acceptors (Lipinski definition) is 2. The molecule has 0 spiro atoms. The predicted octanol–water partition coefficient (Wildman–Crippen LogP) is 2.48. The van der Waals surface area contributed by atoms with Crippen LogP contribution in [0, 0.1) is 0 Å². The van der Waals surface area contributed by atoms with Crippen molar-refractivity contribution in [2.24, 2.45) is 0 Å². The van der Waals surface area contributed by atoms with E-state index in [4.69, 9.17) is 0 Å². The van der Waals surface area contributed by atoms with Gasteiger partial charge < -0.3 is 5.32 Å². The fraction of sp³-hybridized carbons (Fsp3) is 0.417. The van der Waals surface area contributed by atoms with Crippen molar-refractivity contribution in [2.45, 2.75) is 26.8 Å². The Labute approximate surface area is 86.1 Å². The lowest BCUT2D eigenvalue weighted by atomic mass is 10.1. The third kappa shape index (κ3) is 3.30. The molecule has 14 heavy (non-hydrogen) atoms. The van der Waals surface area contributed by atoms with Gasteiger partial charge in [-0.1, -0.05) is 18.6 Å². The Bertz CT molecular complexity index is 290. The maximum atomic E-state index is 4.26. The van der Waals surface area contributed by atoms with Gasteiger partial charge in [-0.25, -0.2) is 0 Å². The number of rotatable bonds is 4. The second-order valence-corrected chi connectivity index (χ2v) is 3.42. The van der Waals surface area contributed by atoms with Crippen LogP contribution in [0.3, 0.4) is 0 Å². The van der Waals surface area contributed by atoms with Crippen LogP contribution in [0.4, 0.5) is 0 Å². The molecule has 0 aliphatic rings. The Morgan fingerprint density at radius 3 is 2.93 bits per heavy atom. The second kappa shape index (κ2) is 5.55. The zero-order chi connectivity index (χ0) is 10.4. The smallest absolute Gasteiger partial charge is 0.0629 e. The van der Waals surface area contributed by atoms with E-state index < -0.39 is 0 Å². The number of nitrogens with one attached hydrogen (secondary N) is 1. The Hall–Kier alpha value is -1.15. The van der Waals surface area contributed by atoms with Crippen molar-refractivity contribution in [3.63, 3.8) is 0 Å². The molecule has 0 aromatic carbocycles. The lowest BCUT2D eigenvalue weighted by Gasteiger charge is -2.12. The summed E-state index contributed by atoms with van der Waals surface area (Å²) in [5.74, 6) is 0. The highest BCUT2D eigenvalue weighted by Crippen LogP contribution is 2.06. The average molecular weight is 190 g/mol. The maximum Gasteiger partial charge on any atom is 0.0629 e. The molecule has 2 nitrogen and oxygen atoms in total. The third-order valence-corrected chi connectivity index (χ3v) is 2.26. The fourth-order valence-electron chi connectivity index (χ4n) is 1.29. The summed E-state index contributed by atoms with van der Waals surface area (Å²) in [5.41, 5.74) is 2.33. The normalized spacial score (nSPS) is 14.1. The van der Waals surface area contributed by atoms with E-state index in [0.29, 0.717) is 6.04 Å². The lowest BCUT2D eigenvalue weighted by molar-refractivity contribution is 0.636. The first kappa shape index (κ1) is 10.9. The Kier molecular flexibility index (Phi) is 4.33. The molecule has 1 N–H and O–H groups in total. The lowest BCUT2D eigenvalue weighted by Crippen LogP contribution is -2.26. The fourth-order valence-corrected chi connectivity index (χ4v) is 1.29. The molecule has 0 saturated heterocycles. The molecule has 0 aliphatic heterocycles. The van der Waals surface area contributed by atoms with Crippen LogP contribution in [-0.4, -0.2) is 17.6 Å². The minimum absolute atomic E-state index is 0.419. The van der Waals surface area contributed by atoms with E-state index in [9.17, 15) is 0 Å². The maximum absolute atomic E-state index is 4.26. The average Bonchev–Trinajstić information content (AvgIpc) is 2.19. The summed E-state index contributed by atoms with van der Waals surface area (Å²) in [4.78, 5) is 4.26. The van der Waals surface area contributed by atoms with Gasteiger partial charge in [0.1, 0.15) is 0 Å². The highest BCUT2D eigenvalue weighted by molar-refractivity contribution is 5.49. The zero-order valence-electron chi connectivity index (χ0n) is 9.12. The second-order valence-electron chi connectivity index (χ2n) is 3.42. The minimum Gasteiger partial charge on any atom is -0.311 e. The van der Waals surface area contributed by atoms with Gasteiger partial charge in [-0.3, -0.25) is 4.98 Å². The molecule has 1 aromatic heterocycles. The van der Waals surface area contributed by atoms with Gasteiger partial charge >= 0.3 is 0 Å². The quantitative estimate of drug-likeness (QED) is 0.789. The molecule has 0 amide bonds. The van der Waals surface area contributed by atoms with Gasteiger partial charge in [-0.15, -0.1) is 0 Å². The molecule has 1 rings (SSSR count). The first-order valence-corrected chi connectivity index (χ1v) is 5.06. The molecule has 0 bridgehead atoms. The van der Waals surface area contributed by atoms with Crippen LogP contribution in [0.1, 0.15) is 26.5 Å². The van der Waals surface area contributed by atoms with Crippen molar-refractivity contribution in [2.75, 3.05) is 6.54 Å². The van der Waals surface area contributed by atoms with E-state index in [1.807, 2.05) is 24.4 Å². The summed E-state index contributed by atoms with van der Waals surface area (Å²) >= 11 is 0. The van der Waals surface area contributed by atoms with Crippen molar-refractivity contribution >= 4 is 6.08 Å². The van der Waals surface area contributed by atoms with Gasteiger partial charge in [-0.05, 0) is 38.6 Å². The van der Waals surface area contributed by atoms with Gasteiger partial charge in [0.2, 0.25) is 0 Å². The standard InChI is InChI=1S/C12H18N2/c1-4-13-11(3)10(2)9-12-7-5-6-8-14-12/h5-9,11,13H,4H2,1-3H3/b10-9+. The first-order chi connectivity index (χ1) is 6.74. The van der Waals surface area contributed by atoms with E-state index in [2.05, 4.69) is 37.1 Å². The molecule has 1 aromatic rings. The Balaban J connectivity index is 2.68. The molecule has 2 heteroatoms. The molecule has 0 fully saturated rings. The van der Waals surface area contributed by atoms with Crippen LogP contribution >= 0.6 is 0 Å². The predicted molar refractivity (Wildman–Crippen MR) is 61.0 cm³/mol. The molecule has 0 radical (unpaired) electrons. The molecule has 0 aliphatic carbocycles. The summed E-state index contributed by atoms with van der Waals surface area (Å²) in [6.07, 6.45) is 3.93. The van der Waals surface area contributed by atoms with E-state index in [1.54, 1.807) is 0 Å². The summed E-state index contributed by atoms with van der Waals surface area (Å²) < 4.78 is 0. The summed E-state index contributed by atoms with van der Waals surface area (Å²) in [7, 11) is 0. The Morgan fingerprint density at radius 2 is 2.36 bits per heavy atom. The molecule has 1 atom stereocenters. The minimum atomic E-state index is 0.419. The van der Waals surface area contributed by atoms with Gasteiger partial charge in [-0.2, -0.15) is 0 Å². The van der Waals surface area contributed by atoms with Gasteiger partial charge in [0.15, 0.2) is 0 Å². The van der Waals surface area contributed by atoms with Crippen molar-refractivity contribution in [1.29, 1.82) is 0 Å². The van der Waals surface area contributed by atoms with E-state index in [-0.39, 0.29) is 0 Å². The van der Waals surface area contributed by atoms with Crippen LogP contribution in [0.15, 0.2) is 30.0 Å². The summed E-state index contributed by atoms with van der Waals surface area (Å²) in [5, 5.41) is 3.37. The van der Waals surface area contributed by atoms with Crippen molar-refractivity contribution in [3.05, 3.63) is 35.7 Å². The van der Waals surface area contributed by atoms with Crippen LogP contribution in [0.2, 0.25) is 0 Å². The number of aromatic nitrogens is 1. The van der Waals surface area contributed by atoms with Gasteiger partial charge in [0.05, 0.1) is 5.69 Å². The largest absolute Gasteiger partial charge is 0.311 e. The molecular weight excluding hydrogens is 172 g/mol. The summed E-state index contributed by atoms with van der Waals surface area (Å²) in [6.45, 7) is 7.40. The summed E-state index contributed by atoms with van der Waals surface area (Å²) in [6, 6.07) is 6.37. The highest BCUT2D eigenvalue weighted by Gasteiger charge is 2.01. The van der Waals surface area contributed by atoms with E-state index in [1.165, 1.54) is 5.57 Å². The first-order valence-electron chi connectivity index (χ1n) is 5.06. The Morgan fingerprint density at radius 1 is 1.57 bits per heavy atom. The topological polar surface area (TPSA) is 24.9 Å². The number of nitrogens with zero attached hydrogens (tertiary/aromatic N) is 1. The third-order valence-electron chi connectivity index (χ3n) is 2.26. The van der Waals surface area contributed by atoms with Crippen LogP contribution in [-0.2, 0) is 0 Å². The van der Waals surface area contributed by atoms with Crippen molar-refractivity contribution < 1.29 is 0 Å². The molecule has 76 valence electrons. The van der Waals surface area contributed by atoms with Crippen molar-refractivity contribution in [3.8, 4) is 0 Å². The highest BCUT2D eigenvalue weighted by atomic mass is 14.9. The number of likely N-dealkylation sites (N-methyl/N-ethyl adjacent to an activating group) is 1. The van der Waals surface area contributed by atoms with Crippen LogP contribution in [0.25, 0.3) is 6.08 Å². The SMILES string of the molecule is CCNC(C)/C(C)=C/c1ccccn1. The molecule has 1 unspecified atom stereocenters. The van der Waals surface area contributed by atoms with Crippen LogP contribution in [0.5, 0.6) is 0 Å².